The molecule has 3 atom stereocenters. The zero-order valence-corrected chi connectivity index (χ0v) is 11.8. The van der Waals surface area contributed by atoms with E-state index in [9.17, 15) is 25.0 Å². The van der Waals surface area contributed by atoms with E-state index in [0.717, 1.165) is 0 Å². The van der Waals surface area contributed by atoms with Crippen molar-refractivity contribution in [1.82, 2.24) is 0 Å². The van der Waals surface area contributed by atoms with E-state index in [-0.39, 0.29) is 31.7 Å². The van der Waals surface area contributed by atoms with E-state index in [1.807, 2.05) is 6.07 Å². The quantitative estimate of drug-likeness (QED) is 0.429. The summed E-state index contributed by atoms with van der Waals surface area (Å²) in [6.45, 7) is 4.37. The Labute approximate surface area is 117 Å². The predicted molar refractivity (Wildman–Crippen MR) is 68.1 cm³/mol. The summed E-state index contributed by atoms with van der Waals surface area (Å²) in [7, 11) is 0. The number of nitro groups is 1. The summed E-state index contributed by atoms with van der Waals surface area (Å²) in [5.74, 6) is -2.01. The van der Waals surface area contributed by atoms with Crippen LogP contribution < -0.4 is 0 Å². The maximum Gasteiger partial charge on any atom is 0.327 e. The summed E-state index contributed by atoms with van der Waals surface area (Å²) in [6.07, 6.45) is -0.0636. The van der Waals surface area contributed by atoms with E-state index in [4.69, 9.17) is 4.74 Å². The molecule has 1 saturated carbocycles. The van der Waals surface area contributed by atoms with Gasteiger partial charge in [-0.1, -0.05) is 0 Å². The topological polar surface area (TPSA) is 110 Å². The summed E-state index contributed by atoms with van der Waals surface area (Å²) in [5, 5.41) is 20.8. The number of rotatable bonds is 5. The van der Waals surface area contributed by atoms with Crippen LogP contribution in [0.3, 0.4) is 0 Å². The number of nitrogens with zero attached hydrogens (tertiary/aromatic N) is 2. The molecule has 7 nitrogen and oxygen atoms in total. The van der Waals surface area contributed by atoms with Crippen molar-refractivity contribution in [3.05, 3.63) is 10.1 Å². The highest BCUT2D eigenvalue weighted by atomic mass is 16.6. The van der Waals surface area contributed by atoms with E-state index in [1.165, 1.54) is 13.8 Å². The molecule has 1 fully saturated rings. The number of carbonyl (C=O) groups is 2. The highest BCUT2D eigenvalue weighted by molar-refractivity contribution is 5.83. The van der Waals surface area contributed by atoms with Crippen molar-refractivity contribution in [2.45, 2.75) is 45.6 Å². The van der Waals surface area contributed by atoms with Crippen LogP contribution in [0.2, 0.25) is 0 Å². The standard InChI is InChI=1S/C13H18N2O5/c1-4-20-11(17)13(8-14)6-5-12(3,15(18)19)10(13)7-9(2)16/h10H,4-7H2,1-3H3/t10-,12+,13+/m1/s1. The minimum Gasteiger partial charge on any atom is -0.465 e. The number of hydrogen-bond donors (Lipinski definition) is 0. The third kappa shape index (κ3) is 2.38. The summed E-state index contributed by atoms with van der Waals surface area (Å²) < 4.78 is 4.91. The number of hydrogen-bond acceptors (Lipinski definition) is 6. The van der Waals surface area contributed by atoms with Crippen molar-refractivity contribution in [3.8, 4) is 6.07 Å². The molecule has 1 aliphatic rings. The van der Waals surface area contributed by atoms with Crippen LogP contribution in [0.1, 0.15) is 40.0 Å². The average Bonchev–Trinajstić information content (AvgIpc) is 2.65. The minimum absolute atomic E-state index is 0.0394. The fourth-order valence-electron chi connectivity index (χ4n) is 2.91. The van der Waals surface area contributed by atoms with Gasteiger partial charge < -0.3 is 9.53 Å². The van der Waals surface area contributed by atoms with Crippen LogP contribution in [0.25, 0.3) is 0 Å². The summed E-state index contributed by atoms with van der Waals surface area (Å²) in [6, 6.07) is 1.90. The smallest absolute Gasteiger partial charge is 0.327 e. The van der Waals surface area contributed by atoms with E-state index < -0.39 is 27.8 Å². The molecule has 0 saturated heterocycles. The van der Waals surface area contributed by atoms with Gasteiger partial charge in [-0.3, -0.25) is 14.9 Å². The normalized spacial score (nSPS) is 32.4. The van der Waals surface area contributed by atoms with Gasteiger partial charge in [-0.25, -0.2) is 0 Å². The van der Waals surface area contributed by atoms with Gasteiger partial charge in [0, 0.05) is 24.7 Å². The number of ether oxygens (including phenoxy) is 1. The van der Waals surface area contributed by atoms with Crippen LogP contribution in [-0.2, 0) is 14.3 Å². The SMILES string of the molecule is CCOC(=O)[C@]1(C#N)CC[C@](C)([N+](=O)[O-])[C@H]1CC(C)=O. The molecule has 0 amide bonds. The van der Waals surface area contributed by atoms with Gasteiger partial charge in [-0.05, 0) is 20.3 Å². The van der Waals surface area contributed by atoms with Crippen LogP contribution in [0.4, 0.5) is 0 Å². The zero-order valence-electron chi connectivity index (χ0n) is 11.8. The molecule has 0 aromatic carbocycles. The molecule has 0 unspecified atom stereocenters. The van der Waals surface area contributed by atoms with Gasteiger partial charge in [-0.15, -0.1) is 0 Å². The Hall–Kier alpha value is -1.97. The molecule has 0 heterocycles. The predicted octanol–water partition coefficient (Wildman–Crippen LogP) is 1.48. The molecule has 1 aliphatic carbocycles. The maximum atomic E-state index is 12.1. The van der Waals surface area contributed by atoms with Gasteiger partial charge in [0.15, 0.2) is 5.41 Å². The lowest BCUT2D eigenvalue weighted by molar-refractivity contribution is -0.573. The van der Waals surface area contributed by atoms with Gasteiger partial charge in [-0.2, -0.15) is 5.26 Å². The third-order valence-electron chi connectivity index (χ3n) is 4.12. The molecule has 0 aromatic heterocycles. The molecular weight excluding hydrogens is 264 g/mol. The Kier molecular flexibility index (Phi) is 4.48. The molecule has 0 N–H and O–H groups in total. The Morgan fingerprint density at radius 1 is 1.50 bits per heavy atom. The van der Waals surface area contributed by atoms with E-state index in [1.54, 1.807) is 6.92 Å². The van der Waals surface area contributed by atoms with Crippen LogP contribution in [0.15, 0.2) is 0 Å². The number of esters is 1. The highest BCUT2D eigenvalue weighted by Crippen LogP contribution is 2.52. The Balaban J connectivity index is 3.31. The average molecular weight is 282 g/mol. The number of ketones is 1. The van der Waals surface area contributed by atoms with Gasteiger partial charge >= 0.3 is 5.97 Å². The summed E-state index contributed by atoms with van der Waals surface area (Å²) in [4.78, 5) is 34.4. The minimum atomic E-state index is -1.61. The lowest BCUT2D eigenvalue weighted by Crippen LogP contribution is -2.47. The third-order valence-corrected chi connectivity index (χ3v) is 4.12. The fourth-order valence-corrected chi connectivity index (χ4v) is 2.91. The van der Waals surface area contributed by atoms with Crippen molar-refractivity contribution in [2.24, 2.45) is 11.3 Å². The number of carbonyl (C=O) groups excluding carboxylic acids is 2. The van der Waals surface area contributed by atoms with E-state index in [0.29, 0.717) is 0 Å². The summed E-state index contributed by atoms with van der Waals surface area (Å²) >= 11 is 0. The molecule has 7 heteroatoms. The molecule has 0 bridgehead atoms. The van der Waals surface area contributed by atoms with E-state index in [2.05, 4.69) is 0 Å². The second-order valence-electron chi connectivity index (χ2n) is 5.38. The van der Waals surface area contributed by atoms with Crippen molar-refractivity contribution in [3.63, 3.8) is 0 Å². The molecule has 0 aromatic rings. The molecule has 110 valence electrons. The molecule has 20 heavy (non-hydrogen) atoms. The molecule has 0 radical (unpaired) electrons. The Bertz CT molecular complexity index is 484. The van der Waals surface area contributed by atoms with Gasteiger partial charge in [0.05, 0.1) is 18.6 Å². The van der Waals surface area contributed by atoms with Crippen molar-refractivity contribution < 1.29 is 19.2 Å². The van der Waals surface area contributed by atoms with Crippen LogP contribution in [0.5, 0.6) is 0 Å². The maximum absolute atomic E-state index is 12.1. The van der Waals surface area contributed by atoms with E-state index >= 15 is 0 Å². The Morgan fingerprint density at radius 3 is 2.50 bits per heavy atom. The first-order valence-corrected chi connectivity index (χ1v) is 6.47. The first-order chi connectivity index (χ1) is 9.24. The largest absolute Gasteiger partial charge is 0.465 e. The van der Waals surface area contributed by atoms with Crippen molar-refractivity contribution in [2.75, 3.05) is 6.61 Å². The first-order valence-electron chi connectivity index (χ1n) is 6.47. The van der Waals surface area contributed by atoms with Crippen LogP contribution in [0, 0.1) is 32.8 Å². The summed E-state index contributed by atoms with van der Waals surface area (Å²) in [5.41, 5.74) is -3.07. The van der Waals surface area contributed by atoms with Crippen LogP contribution >= 0.6 is 0 Å². The van der Waals surface area contributed by atoms with Crippen molar-refractivity contribution >= 4 is 11.8 Å². The monoisotopic (exact) mass is 282 g/mol. The van der Waals surface area contributed by atoms with Gasteiger partial charge in [0.1, 0.15) is 5.78 Å². The van der Waals surface area contributed by atoms with Crippen LogP contribution in [-0.4, -0.2) is 28.8 Å². The zero-order chi connectivity index (χ0) is 15.6. The lowest BCUT2D eigenvalue weighted by Gasteiger charge is -2.30. The lowest BCUT2D eigenvalue weighted by atomic mass is 9.71. The van der Waals surface area contributed by atoms with Gasteiger partial charge in [0.2, 0.25) is 5.54 Å². The molecule has 0 spiro atoms. The van der Waals surface area contributed by atoms with Gasteiger partial charge in [0.25, 0.3) is 0 Å². The molecule has 1 rings (SSSR count). The van der Waals surface area contributed by atoms with Crippen molar-refractivity contribution in [1.29, 1.82) is 5.26 Å². The second-order valence-corrected chi connectivity index (χ2v) is 5.38. The highest BCUT2D eigenvalue weighted by Gasteiger charge is 2.66. The fraction of sp³-hybridized carbons (Fsp3) is 0.769. The number of nitriles is 1. The Morgan fingerprint density at radius 2 is 2.10 bits per heavy atom. The first kappa shape index (κ1) is 16.1. The molecular formula is C13H18N2O5. The second kappa shape index (κ2) is 5.57. The molecule has 0 aliphatic heterocycles. The number of Topliss-reactive ketones (excluding diaryl/α,β-unsaturated/α-hetero) is 1.